The second kappa shape index (κ2) is 8.21. The lowest BCUT2D eigenvalue weighted by Gasteiger charge is -2.09. The lowest BCUT2D eigenvalue weighted by Crippen LogP contribution is -2.18. The van der Waals surface area contributed by atoms with Gasteiger partial charge in [0.25, 0.3) is 0 Å². The molecule has 1 aromatic heterocycles. The van der Waals surface area contributed by atoms with Gasteiger partial charge >= 0.3 is 0 Å². The minimum atomic E-state index is -3.44. The van der Waals surface area contributed by atoms with E-state index in [-0.39, 0.29) is 5.75 Å². The number of pyridine rings is 1. The van der Waals surface area contributed by atoms with Gasteiger partial charge in [0.1, 0.15) is 5.82 Å². The van der Waals surface area contributed by atoms with Crippen molar-refractivity contribution in [2.24, 2.45) is 0 Å². The minimum absolute atomic E-state index is 0.0134. The Hall–Kier alpha value is -2.57. The molecule has 2 aromatic carbocycles. The maximum atomic E-state index is 12.2. The van der Waals surface area contributed by atoms with Crippen LogP contribution in [0, 0.1) is 0 Å². The van der Waals surface area contributed by atoms with Crippen molar-refractivity contribution in [2.45, 2.75) is 6.42 Å². The average Bonchev–Trinajstić information content (AvgIpc) is 2.63. The maximum absolute atomic E-state index is 12.2. The number of sulfonamides is 1. The minimum Gasteiger partial charge on any atom is -0.340 e. The van der Waals surface area contributed by atoms with Crippen LogP contribution >= 0.6 is 11.6 Å². The van der Waals surface area contributed by atoms with Gasteiger partial charge in [-0.15, -0.1) is 0 Å². The van der Waals surface area contributed by atoms with E-state index in [2.05, 4.69) is 15.0 Å². The van der Waals surface area contributed by atoms with Gasteiger partial charge in [-0.2, -0.15) is 0 Å². The van der Waals surface area contributed by atoms with Crippen LogP contribution in [-0.4, -0.2) is 19.2 Å². The molecule has 0 aliphatic heterocycles. The molecule has 0 spiro atoms. The fraction of sp³-hybridized carbons (Fsp3) is 0.105. The van der Waals surface area contributed by atoms with E-state index in [1.165, 1.54) is 6.20 Å². The quantitative estimate of drug-likeness (QED) is 0.627. The molecule has 26 heavy (non-hydrogen) atoms. The highest BCUT2D eigenvalue weighted by molar-refractivity contribution is 7.92. The number of aromatic nitrogens is 1. The number of halogens is 1. The summed E-state index contributed by atoms with van der Waals surface area (Å²) in [5.74, 6) is 0.610. The van der Waals surface area contributed by atoms with Gasteiger partial charge in [0.05, 0.1) is 17.6 Å². The van der Waals surface area contributed by atoms with Crippen LogP contribution in [0.3, 0.4) is 0 Å². The lowest BCUT2D eigenvalue weighted by molar-refractivity contribution is 0.600. The predicted molar refractivity (Wildman–Crippen MR) is 107 cm³/mol. The van der Waals surface area contributed by atoms with Crippen molar-refractivity contribution in [1.29, 1.82) is 0 Å². The Kier molecular flexibility index (Phi) is 5.75. The van der Waals surface area contributed by atoms with E-state index in [1.807, 2.05) is 42.5 Å². The second-order valence-electron chi connectivity index (χ2n) is 5.72. The number of hydrogen-bond donors (Lipinski definition) is 2. The number of hydrogen-bond acceptors (Lipinski definition) is 4. The molecule has 1 heterocycles. The molecule has 0 aliphatic rings. The first-order chi connectivity index (χ1) is 12.5. The predicted octanol–water partition coefficient (Wildman–Crippen LogP) is 4.46. The van der Waals surface area contributed by atoms with E-state index in [0.717, 1.165) is 11.3 Å². The average molecular weight is 388 g/mol. The summed E-state index contributed by atoms with van der Waals surface area (Å²) in [6.45, 7) is 0. The Morgan fingerprint density at radius 3 is 2.42 bits per heavy atom. The summed E-state index contributed by atoms with van der Waals surface area (Å²) in [6, 6.07) is 20.2. The molecule has 2 N–H and O–H groups in total. The van der Waals surface area contributed by atoms with Crippen molar-refractivity contribution < 1.29 is 8.42 Å². The highest BCUT2D eigenvalue weighted by Crippen LogP contribution is 2.20. The molecule has 3 rings (SSSR count). The Balaban J connectivity index is 1.59. The number of nitrogens with zero attached hydrogens (tertiary/aromatic N) is 1. The van der Waals surface area contributed by atoms with Crippen molar-refractivity contribution in [2.75, 3.05) is 15.8 Å². The van der Waals surface area contributed by atoms with Gasteiger partial charge in [0, 0.05) is 10.7 Å². The fourth-order valence-electron chi connectivity index (χ4n) is 2.37. The van der Waals surface area contributed by atoms with E-state index in [9.17, 15) is 8.42 Å². The fourth-order valence-corrected chi connectivity index (χ4v) is 3.65. The van der Waals surface area contributed by atoms with Gasteiger partial charge in [-0.25, -0.2) is 13.4 Å². The summed E-state index contributed by atoms with van der Waals surface area (Å²) in [7, 11) is -3.44. The van der Waals surface area contributed by atoms with Crippen LogP contribution in [0.4, 0.5) is 17.2 Å². The third kappa shape index (κ3) is 5.47. The van der Waals surface area contributed by atoms with E-state index >= 15 is 0 Å². The van der Waals surface area contributed by atoms with Crippen LogP contribution in [0.15, 0.2) is 72.9 Å². The van der Waals surface area contributed by atoms with Gasteiger partial charge in [-0.1, -0.05) is 48.0 Å². The summed E-state index contributed by atoms with van der Waals surface area (Å²) in [4.78, 5) is 4.22. The van der Waals surface area contributed by atoms with Crippen LogP contribution in [0.5, 0.6) is 0 Å². The first-order valence-electron chi connectivity index (χ1n) is 8.03. The standard InChI is InChI=1S/C19H18ClN3O2S/c20-16-7-4-8-17(13-16)22-19-10-9-18(14-21-19)23-26(24,25)12-11-15-5-2-1-3-6-15/h1-10,13-14,23H,11-12H2,(H,21,22). The second-order valence-corrected chi connectivity index (χ2v) is 8.00. The molecule has 0 fully saturated rings. The molecule has 3 aromatic rings. The summed E-state index contributed by atoms with van der Waals surface area (Å²) in [5.41, 5.74) is 2.22. The van der Waals surface area contributed by atoms with E-state index in [0.29, 0.717) is 22.9 Å². The molecule has 0 unspecified atom stereocenters. The molecule has 0 bridgehead atoms. The summed E-state index contributed by atoms with van der Waals surface area (Å²) < 4.78 is 27.0. The normalized spacial score (nSPS) is 11.1. The first-order valence-corrected chi connectivity index (χ1v) is 10.1. The van der Waals surface area contributed by atoms with Crippen molar-refractivity contribution in [3.8, 4) is 0 Å². The highest BCUT2D eigenvalue weighted by Gasteiger charge is 2.11. The summed E-state index contributed by atoms with van der Waals surface area (Å²) in [6.07, 6.45) is 1.94. The van der Waals surface area contributed by atoms with Gasteiger partial charge < -0.3 is 5.32 Å². The Morgan fingerprint density at radius 1 is 0.923 bits per heavy atom. The first kappa shape index (κ1) is 18.2. The zero-order valence-corrected chi connectivity index (χ0v) is 15.5. The molecule has 7 heteroatoms. The molecule has 5 nitrogen and oxygen atoms in total. The maximum Gasteiger partial charge on any atom is 0.233 e. The zero-order chi connectivity index (χ0) is 18.4. The van der Waals surface area contributed by atoms with Crippen LogP contribution in [0.1, 0.15) is 5.56 Å². The summed E-state index contributed by atoms with van der Waals surface area (Å²) in [5, 5.41) is 3.73. The van der Waals surface area contributed by atoms with Gasteiger partial charge in [-0.3, -0.25) is 4.72 Å². The van der Waals surface area contributed by atoms with Crippen molar-refractivity contribution in [3.05, 3.63) is 83.5 Å². The largest absolute Gasteiger partial charge is 0.340 e. The molecule has 134 valence electrons. The number of anilines is 3. The smallest absolute Gasteiger partial charge is 0.233 e. The van der Waals surface area contributed by atoms with Gasteiger partial charge in [-0.05, 0) is 42.3 Å². The molecular formula is C19H18ClN3O2S. The summed E-state index contributed by atoms with van der Waals surface area (Å²) >= 11 is 5.95. The van der Waals surface area contributed by atoms with Crippen LogP contribution < -0.4 is 10.0 Å². The van der Waals surface area contributed by atoms with Gasteiger partial charge in [0.15, 0.2) is 0 Å². The van der Waals surface area contributed by atoms with Crippen molar-refractivity contribution >= 4 is 38.8 Å². The SMILES string of the molecule is O=S(=O)(CCc1ccccc1)Nc1ccc(Nc2cccc(Cl)c2)nc1. The van der Waals surface area contributed by atoms with Crippen molar-refractivity contribution in [3.63, 3.8) is 0 Å². The van der Waals surface area contributed by atoms with Crippen molar-refractivity contribution in [1.82, 2.24) is 4.98 Å². The van der Waals surface area contributed by atoms with Crippen LogP contribution in [0.2, 0.25) is 5.02 Å². The van der Waals surface area contributed by atoms with Gasteiger partial charge in [0.2, 0.25) is 10.0 Å². The number of nitrogens with one attached hydrogen (secondary N) is 2. The third-order valence-corrected chi connectivity index (χ3v) is 5.16. The highest BCUT2D eigenvalue weighted by atomic mass is 35.5. The number of rotatable bonds is 7. The van der Waals surface area contributed by atoms with E-state index in [1.54, 1.807) is 24.3 Å². The van der Waals surface area contributed by atoms with E-state index < -0.39 is 10.0 Å². The molecule has 0 atom stereocenters. The monoisotopic (exact) mass is 387 g/mol. The topological polar surface area (TPSA) is 71.1 Å². The Labute approximate surface area is 158 Å². The lowest BCUT2D eigenvalue weighted by atomic mass is 10.2. The zero-order valence-electron chi connectivity index (χ0n) is 13.9. The molecule has 0 aliphatic carbocycles. The van der Waals surface area contributed by atoms with Crippen LogP contribution in [-0.2, 0) is 16.4 Å². The Morgan fingerprint density at radius 2 is 1.73 bits per heavy atom. The molecule has 0 saturated carbocycles. The number of aryl methyl sites for hydroxylation is 1. The molecule has 0 saturated heterocycles. The van der Waals surface area contributed by atoms with E-state index in [4.69, 9.17) is 11.6 Å². The Bertz CT molecular complexity index is 962. The van der Waals surface area contributed by atoms with Crippen LogP contribution in [0.25, 0.3) is 0 Å². The molecule has 0 amide bonds. The number of benzene rings is 2. The molecular weight excluding hydrogens is 370 g/mol. The molecule has 0 radical (unpaired) electrons. The third-order valence-electron chi connectivity index (χ3n) is 3.64.